The third kappa shape index (κ3) is 7.02. The Labute approximate surface area is 551 Å². The summed E-state index contributed by atoms with van der Waals surface area (Å²) in [5.41, 5.74) is 20.3. The highest BCUT2D eigenvalue weighted by atomic mass is 16.5. The number of nitriles is 3. The van der Waals surface area contributed by atoms with E-state index in [0.717, 1.165) is 171 Å². The molecule has 97 heavy (non-hydrogen) atoms. The van der Waals surface area contributed by atoms with Gasteiger partial charge in [-0.1, -0.05) is 103 Å². The monoisotopic (exact) mass is 1240 g/mol. The second kappa shape index (κ2) is 19.4. The number of ether oxygens (including phenoxy) is 1. The summed E-state index contributed by atoms with van der Waals surface area (Å²) >= 11 is 0. The molecule has 0 amide bonds. The molecule has 1 aliphatic heterocycles. The van der Waals surface area contributed by atoms with Gasteiger partial charge in [0.25, 0.3) is 0 Å². The Kier molecular flexibility index (Phi) is 10.5. The standard InChI is InChI=1S/C85H45N11O/c86-43-49-21-29-76-63(35-49)59-13-3-8-18-73(59)92(76)52-26-32-79-66(38-52)62-33-34-89-48-80(62)94(79)54-25-28-68-82(42-54)97-81-41-53(93-71-16-6-1-11-57(71)58-12-2-7-17-72(58)93)24-27-67(81)85(68)69-39-55(95-74-19-9-4-14-60(74)64-36-50(44-87)22-30-77(64)95)46-90-83(69)84-70(85)40-56(47-91-84)96-75-20-10-5-15-61(75)65-37-51(45-88)23-31-78(65)96/h1-42,46-48H. The van der Waals surface area contributed by atoms with Crippen LogP contribution < -0.4 is 4.74 Å². The fraction of sp³-hybridized carbons (Fsp3) is 0.0118. The van der Waals surface area contributed by atoms with Crippen molar-refractivity contribution in [2.24, 2.45) is 0 Å². The predicted octanol–water partition coefficient (Wildman–Crippen LogP) is 19.4. The normalized spacial score (nSPS) is 12.9. The number of hydrogen-bond donors (Lipinski definition) is 0. The number of nitrogens with zero attached hydrogens (tertiary/aromatic N) is 11. The molecule has 12 nitrogen and oxygen atoms in total. The van der Waals surface area contributed by atoms with Gasteiger partial charge in [0.1, 0.15) is 11.5 Å². The van der Waals surface area contributed by atoms with Crippen LogP contribution in [0.4, 0.5) is 0 Å². The molecule has 1 spiro atoms. The molecule has 0 N–H and O–H groups in total. The molecule has 0 atom stereocenters. The van der Waals surface area contributed by atoms with Crippen LogP contribution in [0.15, 0.2) is 274 Å². The number of para-hydroxylation sites is 5. The van der Waals surface area contributed by atoms with Gasteiger partial charge in [-0.2, -0.15) is 15.8 Å². The minimum absolute atomic E-state index is 0.584. The largest absolute Gasteiger partial charge is 0.457 e. The summed E-state index contributed by atoms with van der Waals surface area (Å²) in [5.74, 6) is 1.32. The van der Waals surface area contributed by atoms with E-state index in [9.17, 15) is 15.8 Å². The summed E-state index contributed by atoms with van der Waals surface area (Å²) in [6.07, 6.45) is 7.73. The van der Waals surface area contributed by atoms with Gasteiger partial charge in [-0.05, 0) is 133 Å². The van der Waals surface area contributed by atoms with Gasteiger partial charge in [-0.3, -0.25) is 15.0 Å². The third-order valence-electron chi connectivity index (χ3n) is 20.6. The van der Waals surface area contributed by atoms with Gasteiger partial charge in [-0.15, -0.1) is 0 Å². The van der Waals surface area contributed by atoms with E-state index in [2.05, 4.69) is 229 Å². The fourth-order valence-electron chi connectivity index (χ4n) is 16.6. The van der Waals surface area contributed by atoms with Crippen molar-refractivity contribution in [3.63, 3.8) is 0 Å². The Hall–Kier alpha value is -13.9. The number of rotatable bonds is 5. The molecule has 2 aliphatic rings. The first-order valence-corrected chi connectivity index (χ1v) is 32.1. The van der Waals surface area contributed by atoms with E-state index in [1.54, 1.807) is 0 Å². The van der Waals surface area contributed by atoms with Crippen molar-refractivity contribution in [2.45, 2.75) is 5.41 Å². The Morgan fingerprint density at radius 1 is 0.278 bits per heavy atom. The summed E-state index contributed by atoms with van der Waals surface area (Å²) in [4.78, 5) is 16.0. The van der Waals surface area contributed by atoms with Crippen molar-refractivity contribution in [3.05, 3.63) is 312 Å². The average Bonchev–Trinajstić information content (AvgIpc) is 1.57. The van der Waals surface area contributed by atoms with Crippen molar-refractivity contribution >= 4 is 109 Å². The lowest BCUT2D eigenvalue weighted by atomic mass is 9.66. The van der Waals surface area contributed by atoms with Crippen LogP contribution in [-0.4, -0.2) is 37.8 Å². The van der Waals surface area contributed by atoms with Gasteiger partial charge in [0.05, 0.1) is 137 Å². The van der Waals surface area contributed by atoms with E-state index in [-0.39, 0.29) is 0 Å². The van der Waals surface area contributed by atoms with E-state index < -0.39 is 5.41 Å². The zero-order valence-corrected chi connectivity index (χ0v) is 51.3. The second-order valence-corrected chi connectivity index (χ2v) is 25.3. The van der Waals surface area contributed by atoms with Gasteiger partial charge in [0, 0.05) is 112 Å². The van der Waals surface area contributed by atoms with Gasteiger partial charge < -0.3 is 27.6 Å². The topological polar surface area (TPSA) is 144 Å². The van der Waals surface area contributed by atoms with Gasteiger partial charge in [-0.25, -0.2) is 0 Å². The number of hydrogen-bond acceptors (Lipinski definition) is 7. The molecule has 0 fully saturated rings. The average molecular weight is 1240 g/mol. The second-order valence-electron chi connectivity index (χ2n) is 25.3. The summed E-state index contributed by atoms with van der Waals surface area (Å²) < 4.78 is 19.2. The molecule has 21 rings (SSSR count). The number of aromatic nitrogens is 8. The third-order valence-corrected chi connectivity index (χ3v) is 20.6. The van der Waals surface area contributed by atoms with E-state index in [1.165, 1.54) is 0 Å². The molecule has 12 heteroatoms. The molecule has 446 valence electrons. The molecule has 0 unspecified atom stereocenters. The minimum atomic E-state index is -1.13. The van der Waals surface area contributed by atoms with Crippen LogP contribution >= 0.6 is 0 Å². The highest BCUT2D eigenvalue weighted by molar-refractivity contribution is 6.15. The number of pyridine rings is 3. The lowest BCUT2D eigenvalue weighted by Crippen LogP contribution is -2.32. The number of fused-ring (bicyclic) bond motifs is 24. The maximum atomic E-state index is 10.2. The van der Waals surface area contributed by atoms with E-state index in [4.69, 9.17) is 19.7 Å². The van der Waals surface area contributed by atoms with Crippen LogP contribution in [0.2, 0.25) is 0 Å². The first-order valence-electron chi connectivity index (χ1n) is 32.1. The van der Waals surface area contributed by atoms with Crippen molar-refractivity contribution < 1.29 is 4.74 Å². The van der Waals surface area contributed by atoms with Crippen LogP contribution in [0, 0.1) is 34.0 Å². The Bertz CT molecular complexity index is 6690. The summed E-state index contributed by atoms with van der Waals surface area (Å²) in [6.45, 7) is 0. The highest BCUT2D eigenvalue weighted by Gasteiger charge is 2.53. The summed E-state index contributed by atoms with van der Waals surface area (Å²) in [7, 11) is 0. The van der Waals surface area contributed by atoms with Gasteiger partial charge in [0.15, 0.2) is 0 Å². The Morgan fingerprint density at radius 2 is 0.608 bits per heavy atom. The first kappa shape index (κ1) is 52.7. The minimum Gasteiger partial charge on any atom is -0.457 e. The molecule has 11 aromatic carbocycles. The maximum absolute atomic E-state index is 10.2. The highest BCUT2D eigenvalue weighted by Crippen LogP contribution is 2.63. The first-order chi connectivity index (χ1) is 47.9. The van der Waals surface area contributed by atoms with Crippen LogP contribution in [0.3, 0.4) is 0 Å². The Balaban J connectivity index is 0.851. The van der Waals surface area contributed by atoms with E-state index in [1.807, 2.05) is 85.5 Å². The molecule has 0 saturated carbocycles. The molecular weight excluding hydrogens is 1190 g/mol. The van der Waals surface area contributed by atoms with Gasteiger partial charge in [0.2, 0.25) is 0 Å². The molecule has 0 bridgehead atoms. The van der Waals surface area contributed by atoms with Crippen LogP contribution in [0.5, 0.6) is 11.5 Å². The lowest BCUT2D eigenvalue weighted by molar-refractivity contribution is 0.436. The summed E-state index contributed by atoms with van der Waals surface area (Å²) in [5, 5.41) is 40.9. The molecule has 9 heterocycles. The molecule has 0 radical (unpaired) electrons. The SMILES string of the molecule is N#Cc1ccc2c(c1)c1ccccc1n2-c1cnc2c(c1)C1(c3ccc(-n4c5ccccc5c5ccccc54)cc3Oc3cc(-n4c5ccc(-n6c7ccccc7c7cc(C#N)ccc76)cc5c5ccncc54)ccc31)c1cc(-n3c4ccccc4c4cc(C#N)ccc43)cnc1-2. The van der Waals surface area contributed by atoms with E-state index in [0.29, 0.717) is 28.2 Å². The quantitative estimate of drug-likeness (QED) is 0.167. The van der Waals surface area contributed by atoms with Crippen LogP contribution in [0.1, 0.15) is 38.9 Å². The predicted molar refractivity (Wildman–Crippen MR) is 383 cm³/mol. The van der Waals surface area contributed by atoms with E-state index >= 15 is 0 Å². The number of benzene rings is 11. The molecule has 8 aromatic heterocycles. The molecule has 19 aromatic rings. The molecule has 0 saturated heterocycles. The zero-order valence-electron chi connectivity index (χ0n) is 51.3. The van der Waals surface area contributed by atoms with Crippen molar-refractivity contribution in [1.82, 2.24) is 37.8 Å². The van der Waals surface area contributed by atoms with Crippen LogP contribution in [-0.2, 0) is 5.41 Å². The van der Waals surface area contributed by atoms with Crippen molar-refractivity contribution in [2.75, 3.05) is 0 Å². The van der Waals surface area contributed by atoms with Crippen molar-refractivity contribution in [3.8, 4) is 69.5 Å². The molecular formula is C85H45N11O. The zero-order chi connectivity index (χ0) is 63.9. The smallest absolute Gasteiger partial charge is 0.134 e. The van der Waals surface area contributed by atoms with Crippen LogP contribution in [0.25, 0.3) is 149 Å². The van der Waals surface area contributed by atoms with Gasteiger partial charge >= 0.3 is 0 Å². The molecule has 1 aliphatic carbocycles. The maximum Gasteiger partial charge on any atom is 0.134 e. The van der Waals surface area contributed by atoms with Crippen molar-refractivity contribution in [1.29, 1.82) is 15.8 Å². The fourth-order valence-corrected chi connectivity index (χ4v) is 16.6. The lowest BCUT2D eigenvalue weighted by Gasteiger charge is -2.39. The summed E-state index contributed by atoms with van der Waals surface area (Å²) in [6, 6.07) is 93.9. The Morgan fingerprint density at radius 3 is 1.03 bits per heavy atom.